The summed E-state index contributed by atoms with van der Waals surface area (Å²) in [4.78, 5) is 0. The van der Waals surface area contributed by atoms with E-state index in [0.29, 0.717) is 11.3 Å². The molecule has 2 saturated carbocycles. The van der Waals surface area contributed by atoms with Crippen molar-refractivity contribution in [3.63, 3.8) is 0 Å². The van der Waals surface area contributed by atoms with E-state index in [1.54, 1.807) is 0 Å². The normalized spacial score (nSPS) is 56.3. The van der Waals surface area contributed by atoms with Gasteiger partial charge in [0.05, 0.1) is 5.60 Å². The maximum absolute atomic E-state index is 10.3. The zero-order valence-corrected chi connectivity index (χ0v) is 8.71. The van der Waals surface area contributed by atoms with Gasteiger partial charge in [-0.3, -0.25) is 0 Å². The van der Waals surface area contributed by atoms with Gasteiger partial charge in [0, 0.05) is 6.04 Å². The lowest BCUT2D eigenvalue weighted by atomic mass is 9.57. The third-order valence-electron chi connectivity index (χ3n) is 3.72. The van der Waals surface area contributed by atoms with E-state index in [-0.39, 0.29) is 6.04 Å². The number of rotatable bonds is 0. The molecule has 0 heterocycles. The molecule has 2 nitrogen and oxygen atoms in total. The molecule has 0 spiro atoms. The smallest absolute Gasteiger partial charge is 0.0670 e. The number of hydrogen-bond donors (Lipinski definition) is 2. The molecule has 0 saturated heterocycles. The van der Waals surface area contributed by atoms with E-state index in [9.17, 15) is 5.11 Å². The zero-order valence-electron chi connectivity index (χ0n) is 8.71. The summed E-state index contributed by atoms with van der Waals surface area (Å²) in [5.41, 5.74) is 5.85. The van der Waals surface area contributed by atoms with Gasteiger partial charge in [0.15, 0.2) is 0 Å². The van der Waals surface area contributed by atoms with Gasteiger partial charge in [-0.15, -0.1) is 0 Å². The van der Waals surface area contributed by atoms with Gasteiger partial charge in [0.25, 0.3) is 0 Å². The molecular formula is C11H21NO. The first-order valence-electron chi connectivity index (χ1n) is 5.39. The molecule has 76 valence electrons. The largest absolute Gasteiger partial charge is 0.390 e. The van der Waals surface area contributed by atoms with Crippen LogP contribution in [0, 0.1) is 11.3 Å². The highest BCUT2D eigenvalue weighted by atomic mass is 16.3. The maximum atomic E-state index is 10.3. The summed E-state index contributed by atoms with van der Waals surface area (Å²) in [5, 5.41) is 10.3. The van der Waals surface area contributed by atoms with Crippen molar-refractivity contribution in [2.24, 2.45) is 17.1 Å². The average Bonchev–Trinajstić information content (AvgIpc) is 1.75. The fraction of sp³-hybridized carbons (Fsp3) is 1.00. The van der Waals surface area contributed by atoms with Crippen molar-refractivity contribution < 1.29 is 5.11 Å². The molecule has 0 aliphatic heterocycles. The van der Waals surface area contributed by atoms with Crippen LogP contribution >= 0.6 is 0 Å². The highest BCUT2D eigenvalue weighted by Crippen LogP contribution is 2.52. The Hall–Kier alpha value is -0.0800. The number of hydrogen-bond acceptors (Lipinski definition) is 2. The van der Waals surface area contributed by atoms with Crippen LogP contribution in [0.5, 0.6) is 0 Å². The van der Waals surface area contributed by atoms with Crippen molar-refractivity contribution in [2.75, 3.05) is 0 Å². The summed E-state index contributed by atoms with van der Waals surface area (Å²) in [6, 6.07) is 0.219. The van der Waals surface area contributed by atoms with Crippen LogP contribution in [0.25, 0.3) is 0 Å². The molecule has 3 N–H and O–H groups in total. The van der Waals surface area contributed by atoms with Crippen molar-refractivity contribution in [3.05, 3.63) is 0 Å². The highest BCUT2D eigenvalue weighted by molar-refractivity contribution is 5.02. The molecular weight excluding hydrogens is 162 g/mol. The standard InChI is InChI=1S/C11H21NO/c1-8-3-10(2)5-9(12)6-11(13,4-8)7-10/h8-9,13H,3-7,12H2,1-2H3. The predicted octanol–water partition coefficient (Wildman–Crippen LogP) is 1.66. The second kappa shape index (κ2) is 2.71. The second-order valence-electron chi connectivity index (χ2n) is 5.89. The SMILES string of the molecule is CC1CC2(C)CC(N)CC(O)(C1)C2. The molecule has 0 amide bonds. The molecule has 0 aromatic carbocycles. The van der Waals surface area contributed by atoms with E-state index >= 15 is 0 Å². The first-order valence-corrected chi connectivity index (χ1v) is 5.39. The van der Waals surface area contributed by atoms with Crippen LogP contribution in [0.4, 0.5) is 0 Å². The summed E-state index contributed by atoms with van der Waals surface area (Å²) >= 11 is 0. The minimum atomic E-state index is -0.440. The Morgan fingerprint density at radius 3 is 2.54 bits per heavy atom. The van der Waals surface area contributed by atoms with Gasteiger partial charge in [0.1, 0.15) is 0 Å². The fourth-order valence-corrected chi connectivity index (χ4v) is 4.01. The Morgan fingerprint density at radius 1 is 1.23 bits per heavy atom. The van der Waals surface area contributed by atoms with Gasteiger partial charge in [0.2, 0.25) is 0 Å². The van der Waals surface area contributed by atoms with Crippen molar-refractivity contribution in [3.8, 4) is 0 Å². The van der Waals surface area contributed by atoms with E-state index in [4.69, 9.17) is 5.73 Å². The molecule has 2 heteroatoms. The molecule has 2 aliphatic carbocycles. The Bertz CT molecular complexity index is 180. The molecule has 2 bridgehead atoms. The topological polar surface area (TPSA) is 46.2 Å². The van der Waals surface area contributed by atoms with Crippen LogP contribution in [0.15, 0.2) is 0 Å². The van der Waals surface area contributed by atoms with Crippen LogP contribution < -0.4 is 5.73 Å². The van der Waals surface area contributed by atoms with Crippen LogP contribution in [0.1, 0.15) is 46.0 Å². The molecule has 4 atom stereocenters. The number of fused-ring (bicyclic) bond motifs is 2. The molecule has 2 fully saturated rings. The van der Waals surface area contributed by atoms with Gasteiger partial charge < -0.3 is 10.8 Å². The third-order valence-corrected chi connectivity index (χ3v) is 3.72. The van der Waals surface area contributed by atoms with Crippen LogP contribution in [-0.2, 0) is 0 Å². The lowest BCUT2D eigenvalue weighted by Gasteiger charge is -2.52. The summed E-state index contributed by atoms with van der Waals surface area (Å²) in [6.45, 7) is 4.53. The highest BCUT2D eigenvalue weighted by Gasteiger charge is 2.48. The van der Waals surface area contributed by atoms with Crippen LogP contribution in [-0.4, -0.2) is 16.7 Å². The minimum Gasteiger partial charge on any atom is -0.390 e. The van der Waals surface area contributed by atoms with Crippen molar-refractivity contribution in [1.82, 2.24) is 0 Å². The zero-order chi connectivity index (χ0) is 9.69. The van der Waals surface area contributed by atoms with Gasteiger partial charge in [-0.25, -0.2) is 0 Å². The lowest BCUT2D eigenvalue weighted by molar-refractivity contribution is -0.103. The number of nitrogens with two attached hydrogens (primary N) is 1. The average molecular weight is 183 g/mol. The molecule has 2 rings (SSSR count). The van der Waals surface area contributed by atoms with Crippen molar-refractivity contribution in [1.29, 1.82) is 0 Å². The maximum Gasteiger partial charge on any atom is 0.0670 e. The summed E-state index contributed by atoms with van der Waals surface area (Å²) < 4.78 is 0. The first kappa shape index (κ1) is 9.47. The Morgan fingerprint density at radius 2 is 1.92 bits per heavy atom. The first-order chi connectivity index (χ1) is 5.91. The Balaban J connectivity index is 2.22. The molecule has 13 heavy (non-hydrogen) atoms. The minimum absolute atomic E-state index is 0.219. The predicted molar refractivity (Wildman–Crippen MR) is 53.3 cm³/mol. The molecule has 0 aromatic rings. The molecule has 4 unspecified atom stereocenters. The lowest BCUT2D eigenvalue weighted by Crippen LogP contribution is -2.53. The van der Waals surface area contributed by atoms with Gasteiger partial charge >= 0.3 is 0 Å². The fourth-order valence-electron chi connectivity index (χ4n) is 4.01. The Labute approximate surface area is 80.5 Å². The monoisotopic (exact) mass is 183 g/mol. The molecule has 0 radical (unpaired) electrons. The van der Waals surface area contributed by atoms with Crippen LogP contribution in [0.2, 0.25) is 0 Å². The van der Waals surface area contributed by atoms with E-state index in [1.807, 2.05) is 0 Å². The molecule has 0 aromatic heterocycles. The summed E-state index contributed by atoms with van der Waals surface area (Å²) in [5.74, 6) is 0.663. The van der Waals surface area contributed by atoms with Gasteiger partial charge in [-0.1, -0.05) is 13.8 Å². The van der Waals surface area contributed by atoms with Gasteiger partial charge in [-0.2, -0.15) is 0 Å². The van der Waals surface area contributed by atoms with Gasteiger partial charge in [-0.05, 0) is 43.4 Å². The Kier molecular flexibility index (Phi) is 1.97. The van der Waals surface area contributed by atoms with E-state index in [0.717, 1.165) is 25.7 Å². The quantitative estimate of drug-likeness (QED) is 0.600. The van der Waals surface area contributed by atoms with Crippen molar-refractivity contribution >= 4 is 0 Å². The second-order valence-corrected chi connectivity index (χ2v) is 5.89. The molecule has 2 aliphatic rings. The van der Waals surface area contributed by atoms with E-state index < -0.39 is 5.60 Å². The summed E-state index contributed by atoms with van der Waals surface area (Å²) in [6.07, 6.45) is 5.07. The summed E-state index contributed by atoms with van der Waals surface area (Å²) in [7, 11) is 0. The van der Waals surface area contributed by atoms with Crippen LogP contribution in [0.3, 0.4) is 0 Å². The van der Waals surface area contributed by atoms with E-state index in [1.165, 1.54) is 6.42 Å². The number of aliphatic hydroxyl groups is 1. The van der Waals surface area contributed by atoms with E-state index in [2.05, 4.69) is 13.8 Å². The van der Waals surface area contributed by atoms with Crippen molar-refractivity contribution in [2.45, 2.75) is 57.6 Å². The third kappa shape index (κ3) is 1.75.